The highest BCUT2D eigenvalue weighted by Gasteiger charge is 2.33. The standard InChI is InChI=1S/C21H26N2O4S2/c24-20(23-21-22-10-13-28-21)19(14-15-8-11-27-12-9-15)16-4-6-18(7-5-16)29(25,26)17-2-1-3-17/h4-7,10,13,15,17,19H,1-3,8-9,11-12,14H2,(H,22,23,24). The van der Waals surface area contributed by atoms with Crippen LogP contribution in [0.2, 0.25) is 0 Å². The Kier molecular flexibility index (Phi) is 6.32. The number of ether oxygens (including phenoxy) is 1. The van der Waals surface area contributed by atoms with Gasteiger partial charge in [-0.2, -0.15) is 0 Å². The molecule has 4 rings (SSSR count). The van der Waals surface area contributed by atoms with E-state index in [1.54, 1.807) is 30.5 Å². The Hall–Kier alpha value is -1.77. The fourth-order valence-corrected chi connectivity index (χ4v) is 6.34. The van der Waals surface area contributed by atoms with E-state index in [9.17, 15) is 13.2 Å². The van der Waals surface area contributed by atoms with Crippen molar-refractivity contribution in [3.05, 3.63) is 41.4 Å². The van der Waals surface area contributed by atoms with Gasteiger partial charge in [0.1, 0.15) is 0 Å². The minimum atomic E-state index is -3.26. The highest BCUT2D eigenvalue weighted by molar-refractivity contribution is 7.92. The van der Waals surface area contributed by atoms with Gasteiger partial charge in [0.25, 0.3) is 0 Å². The zero-order valence-corrected chi connectivity index (χ0v) is 17.9. The van der Waals surface area contributed by atoms with Crippen LogP contribution in [-0.2, 0) is 19.4 Å². The van der Waals surface area contributed by atoms with E-state index < -0.39 is 9.84 Å². The maximum atomic E-state index is 13.0. The van der Waals surface area contributed by atoms with Crippen molar-refractivity contribution in [2.45, 2.75) is 54.6 Å². The molecular formula is C21H26N2O4S2. The third kappa shape index (κ3) is 4.70. The first-order chi connectivity index (χ1) is 14.0. The number of anilines is 1. The Morgan fingerprint density at radius 1 is 1.17 bits per heavy atom. The maximum absolute atomic E-state index is 13.0. The number of nitrogens with zero attached hydrogens (tertiary/aromatic N) is 1. The molecule has 1 saturated heterocycles. The number of benzene rings is 1. The molecule has 2 fully saturated rings. The van der Waals surface area contributed by atoms with Gasteiger partial charge in [0.15, 0.2) is 15.0 Å². The minimum absolute atomic E-state index is 0.0963. The molecule has 1 aliphatic carbocycles. The van der Waals surface area contributed by atoms with Crippen molar-refractivity contribution in [1.82, 2.24) is 4.98 Å². The first kappa shape index (κ1) is 20.5. The third-order valence-electron chi connectivity index (χ3n) is 5.99. The first-order valence-electron chi connectivity index (χ1n) is 10.2. The van der Waals surface area contributed by atoms with E-state index in [0.29, 0.717) is 15.9 Å². The quantitative estimate of drug-likeness (QED) is 0.712. The molecule has 8 heteroatoms. The summed E-state index contributed by atoms with van der Waals surface area (Å²) in [5.74, 6) is -0.0299. The molecule has 156 valence electrons. The monoisotopic (exact) mass is 434 g/mol. The van der Waals surface area contributed by atoms with Crippen molar-refractivity contribution >= 4 is 32.2 Å². The summed E-state index contributed by atoms with van der Waals surface area (Å²) in [7, 11) is -3.26. The van der Waals surface area contributed by atoms with Crippen LogP contribution in [0.4, 0.5) is 5.13 Å². The Balaban J connectivity index is 1.55. The van der Waals surface area contributed by atoms with Crippen LogP contribution >= 0.6 is 11.3 Å². The molecule has 29 heavy (non-hydrogen) atoms. The average Bonchev–Trinajstić information content (AvgIpc) is 3.18. The van der Waals surface area contributed by atoms with E-state index in [-0.39, 0.29) is 17.1 Å². The third-order valence-corrected chi connectivity index (χ3v) is 8.96. The average molecular weight is 435 g/mol. The van der Waals surface area contributed by atoms with Crippen LogP contribution in [0.15, 0.2) is 40.7 Å². The number of amides is 1. The summed E-state index contributed by atoms with van der Waals surface area (Å²) in [5, 5.41) is 5.06. The topological polar surface area (TPSA) is 85.4 Å². The van der Waals surface area contributed by atoms with E-state index in [1.165, 1.54) is 11.3 Å². The van der Waals surface area contributed by atoms with E-state index in [0.717, 1.165) is 57.3 Å². The van der Waals surface area contributed by atoms with Gasteiger partial charge in [0.05, 0.1) is 16.1 Å². The summed E-state index contributed by atoms with van der Waals surface area (Å²) in [6, 6.07) is 6.93. The molecule has 1 amide bonds. The molecule has 2 aliphatic rings. The smallest absolute Gasteiger partial charge is 0.233 e. The lowest BCUT2D eigenvalue weighted by Crippen LogP contribution is -2.28. The number of aromatic nitrogens is 1. The zero-order chi connectivity index (χ0) is 20.3. The van der Waals surface area contributed by atoms with Crippen LogP contribution in [-0.4, -0.2) is 37.8 Å². The summed E-state index contributed by atoms with van der Waals surface area (Å²) < 4.78 is 30.8. The normalized spacial score (nSPS) is 19.4. The molecule has 2 aromatic rings. The van der Waals surface area contributed by atoms with E-state index in [2.05, 4.69) is 10.3 Å². The van der Waals surface area contributed by atoms with Crippen molar-refractivity contribution < 1.29 is 17.9 Å². The molecule has 0 bridgehead atoms. The molecule has 2 heterocycles. The van der Waals surface area contributed by atoms with Gasteiger partial charge in [-0.1, -0.05) is 18.6 Å². The largest absolute Gasteiger partial charge is 0.381 e. The van der Waals surface area contributed by atoms with Crippen LogP contribution in [0.5, 0.6) is 0 Å². The fraction of sp³-hybridized carbons (Fsp3) is 0.524. The zero-order valence-electron chi connectivity index (χ0n) is 16.2. The van der Waals surface area contributed by atoms with E-state index in [1.807, 2.05) is 5.38 Å². The Bertz CT molecular complexity index is 916. The SMILES string of the molecule is O=C(Nc1nccs1)C(CC1CCOCC1)c1ccc(S(=O)(=O)C2CCC2)cc1. The molecule has 6 nitrogen and oxygen atoms in total. The lowest BCUT2D eigenvalue weighted by molar-refractivity contribution is -0.118. The number of hydrogen-bond acceptors (Lipinski definition) is 6. The lowest BCUT2D eigenvalue weighted by Gasteiger charge is -2.27. The van der Waals surface area contributed by atoms with Gasteiger partial charge >= 0.3 is 0 Å². The van der Waals surface area contributed by atoms with Gasteiger partial charge in [0.2, 0.25) is 5.91 Å². The number of hydrogen-bond donors (Lipinski definition) is 1. The number of carbonyl (C=O) groups is 1. The Morgan fingerprint density at radius 3 is 2.48 bits per heavy atom. The van der Waals surface area contributed by atoms with Gasteiger partial charge in [-0.25, -0.2) is 13.4 Å². The number of carbonyl (C=O) groups excluding carboxylic acids is 1. The molecular weight excluding hydrogens is 408 g/mol. The first-order valence-corrected chi connectivity index (χ1v) is 12.6. The molecule has 1 N–H and O–H groups in total. The predicted molar refractivity (Wildman–Crippen MR) is 113 cm³/mol. The van der Waals surface area contributed by atoms with Crippen molar-refractivity contribution in [2.75, 3.05) is 18.5 Å². The van der Waals surface area contributed by atoms with Crippen LogP contribution in [0.3, 0.4) is 0 Å². The van der Waals surface area contributed by atoms with Crippen molar-refractivity contribution in [2.24, 2.45) is 5.92 Å². The van der Waals surface area contributed by atoms with Crippen molar-refractivity contribution in [3.63, 3.8) is 0 Å². The summed E-state index contributed by atoms with van der Waals surface area (Å²) in [6.45, 7) is 1.45. The van der Waals surface area contributed by atoms with Gasteiger partial charge in [-0.05, 0) is 55.7 Å². The van der Waals surface area contributed by atoms with Gasteiger partial charge in [0, 0.05) is 24.8 Å². The second kappa shape index (κ2) is 8.93. The van der Waals surface area contributed by atoms with E-state index >= 15 is 0 Å². The molecule has 1 aliphatic heterocycles. The molecule has 1 saturated carbocycles. The van der Waals surface area contributed by atoms with Gasteiger partial charge in [-0.3, -0.25) is 4.79 Å². The van der Waals surface area contributed by atoms with Crippen LogP contribution < -0.4 is 5.32 Å². The van der Waals surface area contributed by atoms with Gasteiger partial charge < -0.3 is 10.1 Å². The van der Waals surface area contributed by atoms with Crippen molar-refractivity contribution in [1.29, 1.82) is 0 Å². The highest BCUT2D eigenvalue weighted by Crippen LogP contribution is 2.34. The maximum Gasteiger partial charge on any atom is 0.233 e. The molecule has 1 aromatic carbocycles. The Morgan fingerprint density at radius 2 is 1.90 bits per heavy atom. The lowest BCUT2D eigenvalue weighted by atomic mass is 9.84. The van der Waals surface area contributed by atoms with Crippen LogP contribution in [0.25, 0.3) is 0 Å². The fourth-order valence-electron chi connectivity index (χ4n) is 3.95. The molecule has 1 atom stereocenters. The minimum Gasteiger partial charge on any atom is -0.381 e. The second-order valence-electron chi connectivity index (χ2n) is 7.84. The van der Waals surface area contributed by atoms with E-state index in [4.69, 9.17) is 4.74 Å². The summed E-state index contributed by atoms with van der Waals surface area (Å²) in [6.07, 6.45) is 6.72. The number of thiazole rings is 1. The highest BCUT2D eigenvalue weighted by atomic mass is 32.2. The predicted octanol–water partition coefficient (Wildman–Crippen LogP) is 4.01. The second-order valence-corrected chi connectivity index (χ2v) is 11.0. The number of sulfone groups is 1. The summed E-state index contributed by atoms with van der Waals surface area (Å²) in [5.41, 5.74) is 0.845. The molecule has 1 unspecified atom stereocenters. The summed E-state index contributed by atoms with van der Waals surface area (Å²) in [4.78, 5) is 17.5. The van der Waals surface area contributed by atoms with Crippen LogP contribution in [0, 0.1) is 5.92 Å². The Labute approximate surface area is 175 Å². The summed E-state index contributed by atoms with van der Waals surface area (Å²) >= 11 is 1.39. The molecule has 0 radical (unpaired) electrons. The van der Waals surface area contributed by atoms with Crippen LogP contribution in [0.1, 0.15) is 50.0 Å². The number of nitrogens with one attached hydrogen (secondary N) is 1. The van der Waals surface area contributed by atoms with Crippen molar-refractivity contribution in [3.8, 4) is 0 Å². The molecule has 0 spiro atoms. The van der Waals surface area contributed by atoms with Gasteiger partial charge in [-0.15, -0.1) is 11.3 Å². The number of rotatable bonds is 7. The molecule has 1 aromatic heterocycles.